The van der Waals surface area contributed by atoms with E-state index in [9.17, 15) is 0 Å². The number of rotatable bonds is 5. The smallest absolute Gasteiger partial charge is 0.181 e. The summed E-state index contributed by atoms with van der Waals surface area (Å²) in [5, 5.41) is 3.63. The van der Waals surface area contributed by atoms with E-state index in [1.165, 1.54) is 31.3 Å². The number of oxazole rings is 1. The zero-order valence-corrected chi connectivity index (χ0v) is 11.5. The lowest BCUT2D eigenvalue weighted by atomic mass is 10.1. The van der Waals surface area contributed by atoms with Gasteiger partial charge >= 0.3 is 0 Å². The molecule has 100 valence electrons. The Hall–Kier alpha value is -1.77. The first-order valence-corrected chi connectivity index (χ1v) is 7.05. The van der Waals surface area contributed by atoms with Crippen LogP contribution in [0.25, 0.3) is 11.3 Å². The Morgan fingerprint density at radius 3 is 2.58 bits per heavy atom. The van der Waals surface area contributed by atoms with Gasteiger partial charge in [0.1, 0.15) is 0 Å². The van der Waals surface area contributed by atoms with Crippen LogP contribution >= 0.6 is 0 Å². The van der Waals surface area contributed by atoms with Crippen LogP contribution in [0, 0.1) is 12.8 Å². The summed E-state index contributed by atoms with van der Waals surface area (Å²) in [5.41, 5.74) is 3.21. The van der Waals surface area contributed by atoms with Gasteiger partial charge in [0.25, 0.3) is 0 Å². The second-order valence-electron chi connectivity index (χ2n) is 5.34. The van der Waals surface area contributed by atoms with Crippen molar-refractivity contribution in [1.29, 1.82) is 0 Å². The maximum absolute atomic E-state index is 5.41. The lowest BCUT2D eigenvalue weighted by molar-refractivity contribution is 0.571. The molecule has 0 amide bonds. The Labute approximate surface area is 114 Å². The van der Waals surface area contributed by atoms with Gasteiger partial charge in [-0.25, -0.2) is 4.98 Å². The van der Waals surface area contributed by atoms with E-state index in [0.717, 1.165) is 22.9 Å². The maximum atomic E-state index is 5.41. The molecule has 0 aliphatic heterocycles. The topological polar surface area (TPSA) is 38.1 Å². The minimum Gasteiger partial charge on any atom is -0.443 e. The molecule has 0 radical (unpaired) electrons. The fraction of sp³-hybridized carbons (Fsp3) is 0.438. The Morgan fingerprint density at radius 2 is 2.05 bits per heavy atom. The summed E-state index contributed by atoms with van der Waals surface area (Å²) in [6.07, 6.45) is 5.44. The zero-order valence-electron chi connectivity index (χ0n) is 11.5. The van der Waals surface area contributed by atoms with Gasteiger partial charge in [0.05, 0.1) is 5.69 Å². The lowest BCUT2D eigenvalue weighted by Gasteiger charge is -2.17. The number of nitrogens with one attached hydrogen (secondary N) is 1. The third-order valence-corrected chi connectivity index (χ3v) is 3.88. The van der Waals surface area contributed by atoms with Gasteiger partial charge in [-0.1, -0.05) is 6.92 Å². The highest BCUT2D eigenvalue weighted by molar-refractivity contribution is 5.63. The molecular formula is C16H20N2O. The van der Waals surface area contributed by atoms with E-state index >= 15 is 0 Å². The number of nitrogens with zero attached hydrogens (tertiary/aromatic N) is 1. The van der Waals surface area contributed by atoms with Crippen LogP contribution in [0.15, 0.2) is 35.1 Å². The van der Waals surface area contributed by atoms with Crippen molar-refractivity contribution < 1.29 is 4.42 Å². The van der Waals surface area contributed by atoms with E-state index in [1.54, 1.807) is 0 Å². The normalized spacial score (nSPS) is 16.3. The summed E-state index contributed by atoms with van der Waals surface area (Å²) < 4.78 is 5.41. The average molecular weight is 256 g/mol. The van der Waals surface area contributed by atoms with E-state index < -0.39 is 0 Å². The molecule has 3 rings (SSSR count). The van der Waals surface area contributed by atoms with Crippen LogP contribution in [0.1, 0.15) is 31.9 Å². The molecule has 3 nitrogen and oxygen atoms in total. The first kappa shape index (κ1) is 12.3. The molecule has 0 spiro atoms. The van der Waals surface area contributed by atoms with Crippen molar-refractivity contribution >= 4 is 5.69 Å². The Balaban J connectivity index is 1.73. The van der Waals surface area contributed by atoms with E-state index in [2.05, 4.69) is 41.5 Å². The number of anilines is 1. The van der Waals surface area contributed by atoms with Crippen LogP contribution in [0.4, 0.5) is 5.69 Å². The van der Waals surface area contributed by atoms with Crippen molar-refractivity contribution in [2.75, 3.05) is 5.32 Å². The molecule has 1 saturated carbocycles. The summed E-state index contributed by atoms with van der Waals surface area (Å²) in [4.78, 5) is 4.13. The molecule has 0 bridgehead atoms. The van der Waals surface area contributed by atoms with Crippen LogP contribution in [0.5, 0.6) is 0 Å². The van der Waals surface area contributed by atoms with Crippen LogP contribution in [0.3, 0.4) is 0 Å². The highest BCUT2D eigenvalue weighted by Gasteiger charge is 2.29. The van der Waals surface area contributed by atoms with Gasteiger partial charge in [-0.2, -0.15) is 0 Å². The van der Waals surface area contributed by atoms with E-state index in [0.29, 0.717) is 6.04 Å². The minimum absolute atomic E-state index is 0.623. The second-order valence-corrected chi connectivity index (χ2v) is 5.34. The van der Waals surface area contributed by atoms with Crippen molar-refractivity contribution in [3.63, 3.8) is 0 Å². The Kier molecular flexibility index (Phi) is 3.28. The van der Waals surface area contributed by atoms with Gasteiger partial charge < -0.3 is 9.73 Å². The summed E-state index contributed by atoms with van der Waals surface area (Å²) in [7, 11) is 0. The number of aromatic nitrogens is 1. The summed E-state index contributed by atoms with van der Waals surface area (Å²) in [5.74, 6) is 1.74. The third kappa shape index (κ3) is 2.65. The van der Waals surface area contributed by atoms with Gasteiger partial charge in [-0.3, -0.25) is 0 Å². The largest absolute Gasteiger partial charge is 0.443 e. The van der Waals surface area contributed by atoms with Crippen LogP contribution in [-0.4, -0.2) is 11.0 Å². The Bertz CT molecular complexity index is 540. The first-order valence-electron chi connectivity index (χ1n) is 7.05. The highest BCUT2D eigenvalue weighted by Crippen LogP contribution is 2.35. The Morgan fingerprint density at radius 1 is 1.32 bits per heavy atom. The van der Waals surface area contributed by atoms with Crippen LogP contribution < -0.4 is 5.32 Å². The first-order chi connectivity index (χ1) is 9.28. The molecule has 2 aromatic rings. The average Bonchev–Trinajstić information content (AvgIpc) is 3.19. The maximum Gasteiger partial charge on any atom is 0.181 e. The van der Waals surface area contributed by atoms with Crippen LogP contribution in [0.2, 0.25) is 0 Å². The third-order valence-electron chi connectivity index (χ3n) is 3.88. The molecule has 1 heterocycles. The van der Waals surface area contributed by atoms with Crippen molar-refractivity contribution in [3.8, 4) is 11.3 Å². The zero-order chi connectivity index (χ0) is 13.2. The van der Waals surface area contributed by atoms with Gasteiger partial charge in [0.2, 0.25) is 0 Å². The molecule has 1 aromatic heterocycles. The number of hydrogen-bond donors (Lipinski definition) is 1. The highest BCUT2D eigenvalue weighted by atomic mass is 16.3. The van der Waals surface area contributed by atoms with Gasteiger partial charge in [0, 0.05) is 17.3 Å². The molecule has 1 aliphatic rings. The van der Waals surface area contributed by atoms with Crippen molar-refractivity contribution in [3.05, 3.63) is 36.4 Å². The standard InChI is InChI=1S/C16H20N2O/c1-3-15(12-4-5-12)18-14-8-6-13(7-9-14)16-11(2)17-10-19-16/h6-10,12,15,18H,3-5H2,1-2H3. The van der Waals surface area contributed by atoms with Crippen molar-refractivity contribution in [1.82, 2.24) is 4.98 Å². The number of benzene rings is 1. The predicted octanol–water partition coefficient (Wildman–Crippen LogP) is 4.25. The molecule has 19 heavy (non-hydrogen) atoms. The molecule has 1 unspecified atom stereocenters. The molecule has 1 aliphatic carbocycles. The van der Waals surface area contributed by atoms with Crippen molar-refractivity contribution in [2.45, 2.75) is 39.2 Å². The lowest BCUT2D eigenvalue weighted by Crippen LogP contribution is -2.20. The number of aryl methyl sites for hydroxylation is 1. The molecular weight excluding hydrogens is 236 g/mol. The second kappa shape index (κ2) is 5.08. The van der Waals surface area contributed by atoms with Crippen molar-refractivity contribution in [2.24, 2.45) is 5.92 Å². The minimum atomic E-state index is 0.623. The summed E-state index contributed by atoms with van der Waals surface area (Å²) in [6, 6.07) is 9.06. The van der Waals surface area contributed by atoms with E-state index in [4.69, 9.17) is 4.42 Å². The molecule has 1 aromatic carbocycles. The van der Waals surface area contributed by atoms with Crippen LogP contribution in [-0.2, 0) is 0 Å². The van der Waals surface area contributed by atoms with Gasteiger partial charge in [-0.05, 0) is 56.4 Å². The number of hydrogen-bond acceptors (Lipinski definition) is 3. The molecule has 0 saturated heterocycles. The fourth-order valence-corrected chi connectivity index (χ4v) is 2.56. The monoisotopic (exact) mass is 256 g/mol. The summed E-state index contributed by atoms with van der Waals surface area (Å²) in [6.45, 7) is 4.22. The fourth-order valence-electron chi connectivity index (χ4n) is 2.56. The van der Waals surface area contributed by atoms with Gasteiger partial charge in [0.15, 0.2) is 12.2 Å². The SMILES string of the molecule is CCC(Nc1ccc(-c2ocnc2C)cc1)C1CC1. The van der Waals surface area contributed by atoms with Gasteiger partial charge in [-0.15, -0.1) is 0 Å². The molecule has 3 heteroatoms. The van der Waals surface area contributed by atoms with E-state index in [-0.39, 0.29) is 0 Å². The van der Waals surface area contributed by atoms with E-state index in [1.807, 2.05) is 6.92 Å². The molecule has 1 N–H and O–H groups in total. The predicted molar refractivity (Wildman–Crippen MR) is 77.1 cm³/mol. The molecule has 1 fully saturated rings. The summed E-state index contributed by atoms with van der Waals surface area (Å²) >= 11 is 0. The quantitative estimate of drug-likeness (QED) is 0.869. The molecule has 1 atom stereocenters.